The molecule has 0 aromatic carbocycles. The van der Waals surface area contributed by atoms with Gasteiger partial charge in [0.2, 0.25) is 0 Å². The number of carbonyl (C=O) groups excluding carboxylic acids is 1. The average Bonchev–Trinajstić information content (AvgIpc) is 2.46. The summed E-state index contributed by atoms with van der Waals surface area (Å²) in [7, 11) is 0. The van der Waals surface area contributed by atoms with Gasteiger partial charge in [-0.05, 0) is 57.8 Å². The molecule has 0 aromatic rings. The molecule has 0 spiro atoms. The van der Waals surface area contributed by atoms with Crippen LogP contribution in [0, 0.1) is 0 Å². The molecule has 0 aliphatic heterocycles. The predicted octanol–water partition coefficient (Wildman–Crippen LogP) is 0.301. The number of carbonyl (C=O) groups is 1. The van der Waals surface area contributed by atoms with Crippen molar-refractivity contribution in [2.45, 2.75) is 70.8 Å². The van der Waals surface area contributed by atoms with E-state index in [2.05, 4.69) is 36.5 Å². The average molecular weight is 333 g/mol. The Labute approximate surface area is 178 Å². The molecule has 0 radical (unpaired) electrons. The second-order valence-corrected chi connectivity index (χ2v) is 5.14. The molecule has 0 heterocycles. The van der Waals surface area contributed by atoms with E-state index in [1.807, 2.05) is 6.92 Å². The van der Waals surface area contributed by atoms with Crippen LogP contribution in [0.5, 0.6) is 0 Å². The first-order valence-corrected chi connectivity index (χ1v) is 7.99. The summed E-state index contributed by atoms with van der Waals surface area (Å²) in [4.78, 5) is 10.2. The van der Waals surface area contributed by atoms with Gasteiger partial charge in [-0.2, -0.15) is 0 Å². The van der Waals surface area contributed by atoms with Crippen LogP contribution in [0.15, 0.2) is 36.5 Å². The van der Waals surface area contributed by atoms with Gasteiger partial charge in [-0.15, -0.1) is 0 Å². The summed E-state index contributed by atoms with van der Waals surface area (Å²) in [6, 6.07) is 0. The Bertz CT molecular complexity index is 335. The number of carboxylic acids is 1. The fourth-order valence-electron chi connectivity index (χ4n) is 1.80. The number of hydrogen-bond acceptors (Lipinski definition) is 3. The van der Waals surface area contributed by atoms with Gasteiger partial charge in [-0.25, -0.2) is 0 Å². The van der Waals surface area contributed by atoms with Crippen molar-refractivity contribution in [2.24, 2.45) is 0 Å². The minimum absolute atomic E-state index is 0. The van der Waals surface area contributed by atoms with E-state index in [9.17, 15) is 15.0 Å². The Kier molecular flexibility index (Phi) is 21.6. The van der Waals surface area contributed by atoms with E-state index >= 15 is 0 Å². The van der Waals surface area contributed by atoms with Gasteiger partial charge in [0.25, 0.3) is 0 Å². The number of unbranched alkanes of at least 4 members (excludes halogenated alkanes) is 2. The van der Waals surface area contributed by atoms with Crippen molar-refractivity contribution in [1.29, 1.82) is 0 Å². The molecule has 0 fully saturated rings. The van der Waals surface area contributed by atoms with Crippen molar-refractivity contribution in [2.75, 3.05) is 0 Å². The molecular weight excluding hydrogens is 303 g/mol. The van der Waals surface area contributed by atoms with Crippen LogP contribution in [-0.4, -0.2) is 17.2 Å². The van der Waals surface area contributed by atoms with Crippen LogP contribution in [0.3, 0.4) is 0 Å². The van der Waals surface area contributed by atoms with Crippen molar-refractivity contribution >= 4 is 5.97 Å². The van der Waals surface area contributed by atoms with E-state index in [1.54, 1.807) is 0 Å². The molecule has 22 heavy (non-hydrogen) atoms. The maximum Gasteiger partial charge on any atom is 1.00 e. The van der Waals surface area contributed by atoms with Crippen molar-refractivity contribution in [1.82, 2.24) is 0 Å². The van der Waals surface area contributed by atoms with Crippen molar-refractivity contribution in [3.05, 3.63) is 36.5 Å². The van der Waals surface area contributed by atoms with E-state index in [-0.39, 0.29) is 63.9 Å². The van der Waals surface area contributed by atoms with Crippen LogP contribution in [0.25, 0.3) is 0 Å². The topological polar surface area (TPSA) is 60.4 Å². The molecular formula is C18H29KO3. The fourth-order valence-corrected chi connectivity index (χ4v) is 1.80. The van der Waals surface area contributed by atoms with Crippen LogP contribution in [0.1, 0.15) is 64.7 Å². The second kappa shape index (κ2) is 19.3. The standard InChI is InChI=1S/C18H30O3.K/c1-2-17(19)15-13-11-9-7-5-3-4-6-8-10-12-14-16-18(20)21;/h3,5-6,8-9,11,17,19H,2,4,7,10,12-16H2,1H3,(H,20,21);/q;+1/p-1/b5-3-,8-6-,11-9-;. The largest absolute Gasteiger partial charge is 1.00 e. The number of allylic oxidation sites excluding steroid dienone is 6. The zero-order chi connectivity index (χ0) is 15.8. The van der Waals surface area contributed by atoms with Gasteiger partial charge in [0, 0.05) is 5.97 Å². The molecule has 0 aliphatic carbocycles. The Morgan fingerprint density at radius 3 is 2.09 bits per heavy atom. The smallest absolute Gasteiger partial charge is 0.550 e. The normalized spacial score (nSPS) is 13.0. The Balaban J connectivity index is 0. The molecule has 4 heteroatoms. The SMILES string of the molecule is CCC(O)CC/C=C\C/C=C\C/C=C\CCCCC(=O)[O-].[K+]. The molecule has 0 aromatic heterocycles. The van der Waals surface area contributed by atoms with Crippen LogP contribution in [0.4, 0.5) is 0 Å². The Morgan fingerprint density at radius 2 is 1.55 bits per heavy atom. The molecule has 1 unspecified atom stereocenters. The first-order chi connectivity index (χ1) is 10.2. The first-order valence-electron chi connectivity index (χ1n) is 7.99. The van der Waals surface area contributed by atoms with Gasteiger partial charge >= 0.3 is 51.4 Å². The summed E-state index contributed by atoms with van der Waals surface area (Å²) >= 11 is 0. The minimum atomic E-state index is -0.959. The van der Waals surface area contributed by atoms with Crippen molar-refractivity contribution < 1.29 is 66.4 Å². The molecule has 0 amide bonds. The zero-order valence-electron chi connectivity index (χ0n) is 14.2. The number of aliphatic hydroxyl groups is 1. The van der Waals surface area contributed by atoms with Gasteiger partial charge in [0.1, 0.15) is 0 Å². The predicted molar refractivity (Wildman–Crippen MR) is 85.7 cm³/mol. The molecule has 3 nitrogen and oxygen atoms in total. The number of aliphatic hydroxyl groups excluding tert-OH is 1. The summed E-state index contributed by atoms with van der Waals surface area (Å²) < 4.78 is 0. The van der Waals surface area contributed by atoms with E-state index in [1.165, 1.54) is 0 Å². The zero-order valence-corrected chi connectivity index (χ0v) is 17.3. The molecule has 0 rings (SSSR count). The summed E-state index contributed by atoms with van der Waals surface area (Å²) in [6.45, 7) is 1.99. The monoisotopic (exact) mass is 332 g/mol. The molecule has 0 saturated carbocycles. The van der Waals surface area contributed by atoms with Crippen molar-refractivity contribution in [3.63, 3.8) is 0 Å². The number of aliphatic carboxylic acids is 1. The number of rotatable bonds is 13. The van der Waals surface area contributed by atoms with E-state index in [0.29, 0.717) is 6.42 Å². The van der Waals surface area contributed by atoms with Crippen LogP contribution in [0.2, 0.25) is 0 Å². The summed E-state index contributed by atoms with van der Waals surface area (Å²) in [5, 5.41) is 19.6. The summed E-state index contributed by atoms with van der Waals surface area (Å²) in [5.74, 6) is -0.959. The molecule has 0 aliphatic rings. The molecule has 120 valence electrons. The Morgan fingerprint density at radius 1 is 1.00 bits per heavy atom. The second-order valence-electron chi connectivity index (χ2n) is 5.14. The minimum Gasteiger partial charge on any atom is -0.550 e. The first kappa shape index (κ1) is 24.5. The van der Waals surface area contributed by atoms with E-state index < -0.39 is 5.97 Å². The van der Waals surface area contributed by atoms with Gasteiger partial charge in [0.15, 0.2) is 0 Å². The summed E-state index contributed by atoms with van der Waals surface area (Å²) in [5.41, 5.74) is 0. The maximum atomic E-state index is 10.2. The molecule has 0 bridgehead atoms. The third kappa shape index (κ3) is 20.3. The Hall–Kier alpha value is 0.286. The van der Waals surface area contributed by atoms with Crippen LogP contribution >= 0.6 is 0 Å². The quantitative estimate of drug-likeness (QED) is 0.300. The maximum absolute atomic E-state index is 10.2. The third-order valence-corrected chi connectivity index (χ3v) is 3.18. The van der Waals surface area contributed by atoms with Gasteiger partial charge in [0.05, 0.1) is 6.10 Å². The van der Waals surface area contributed by atoms with Crippen molar-refractivity contribution in [3.8, 4) is 0 Å². The molecule has 1 atom stereocenters. The summed E-state index contributed by atoms with van der Waals surface area (Å²) in [6.07, 6.45) is 19.7. The fraction of sp³-hybridized carbons (Fsp3) is 0.611. The molecule has 0 saturated heterocycles. The third-order valence-electron chi connectivity index (χ3n) is 3.18. The van der Waals surface area contributed by atoms with E-state index in [4.69, 9.17) is 0 Å². The van der Waals surface area contributed by atoms with Gasteiger partial charge < -0.3 is 15.0 Å². The molecule has 1 N–H and O–H groups in total. The van der Waals surface area contributed by atoms with Gasteiger partial charge in [-0.3, -0.25) is 0 Å². The number of carboxylic acid groups (broad SMARTS) is 1. The van der Waals surface area contributed by atoms with E-state index in [0.717, 1.165) is 44.9 Å². The van der Waals surface area contributed by atoms with Gasteiger partial charge in [-0.1, -0.05) is 43.4 Å². The number of hydrogen-bond donors (Lipinski definition) is 1. The van der Waals surface area contributed by atoms with Crippen LogP contribution in [-0.2, 0) is 4.79 Å². The van der Waals surface area contributed by atoms with Crippen LogP contribution < -0.4 is 56.5 Å².